The first kappa shape index (κ1) is 21.6. The molecule has 2 aliphatic rings. The van der Waals surface area contributed by atoms with Gasteiger partial charge in [0.05, 0.1) is 19.3 Å². The quantitative estimate of drug-likeness (QED) is 0.404. The molecule has 0 saturated heterocycles. The number of ketones is 1. The summed E-state index contributed by atoms with van der Waals surface area (Å²) in [6.45, 7) is 2.89. The summed E-state index contributed by atoms with van der Waals surface area (Å²) in [5.74, 6) is 2.65. The number of ether oxygens (including phenoxy) is 5. The van der Waals surface area contributed by atoms with Gasteiger partial charge in [-0.3, -0.25) is 4.79 Å². The molecule has 2 aliphatic heterocycles. The van der Waals surface area contributed by atoms with Gasteiger partial charge < -0.3 is 23.7 Å². The molecule has 0 aliphatic carbocycles. The predicted octanol–water partition coefficient (Wildman–Crippen LogP) is 5.83. The number of fused-ring (bicyclic) bond motifs is 2. The Morgan fingerprint density at radius 1 is 1.15 bits per heavy atom. The zero-order valence-corrected chi connectivity index (χ0v) is 19.7. The van der Waals surface area contributed by atoms with Gasteiger partial charge in [-0.05, 0) is 42.8 Å². The first-order chi connectivity index (χ1) is 16.0. The lowest BCUT2D eigenvalue weighted by Gasteiger charge is -2.21. The molecule has 0 saturated carbocycles. The summed E-state index contributed by atoms with van der Waals surface area (Å²) < 4.78 is 29.4. The summed E-state index contributed by atoms with van der Waals surface area (Å²) in [5, 5.41) is 0. The standard InChI is InChI=1S/C26H21BrO6/c1-15-7-20(31-13-18-9-19(27)8-17-12-30-14-32-26(17)18)11-22-24(15)25(28)23(33-22)10-16-5-3-4-6-21(16)29-2/h3-11H,12-14H2,1-2H3/b23-10-. The Kier molecular flexibility index (Phi) is 5.83. The van der Waals surface area contributed by atoms with Gasteiger partial charge in [-0.2, -0.15) is 0 Å². The molecule has 33 heavy (non-hydrogen) atoms. The molecule has 0 unspecified atom stereocenters. The fourth-order valence-electron chi connectivity index (χ4n) is 4.01. The van der Waals surface area contributed by atoms with Crippen LogP contribution in [0.25, 0.3) is 6.08 Å². The van der Waals surface area contributed by atoms with Crippen molar-refractivity contribution in [2.45, 2.75) is 20.1 Å². The molecular formula is C26H21BrO6. The van der Waals surface area contributed by atoms with Gasteiger partial charge in [0, 0.05) is 27.2 Å². The molecule has 0 bridgehead atoms. The number of rotatable bonds is 5. The van der Waals surface area contributed by atoms with Crippen LogP contribution in [-0.2, 0) is 18.0 Å². The second-order valence-corrected chi connectivity index (χ2v) is 8.66. The van der Waals surface area contributed by atoms with Crippen LogP contribution in [-0.4, -0.2) is 19.7 Å². The van der Waals surface area contributed by atoms with Gasteiger partial charge in [-0.25, -0.2) is 0 Å². The molecule has 5 rings (SSSR count). The number of carbonyl (C=O) groups excluding carboxylic acids is 1. The van der Waals surface area contributed by atoms with E-state index in [1.165, 1.54) is 0 Å². The van der Waals surface area contributed by atoms with Crippen molar-refractivity contribution in [1.82, 2.24) is 0 Å². The Morgan fingerprint density at radius 3 is 2.85 bits per heavy atom. The molecule has 0 N–H and O–H groups in total. The van der Waals surface area contributed by atoms with Crippen LogP contribution in [0.5, 0.6) is 23.0 Å². The first-order valence-electron chi connectivity index (χ1n) is 10.4. The average Bonchev–Trinajstić information content (AvgIpc) is 3.13. The Balaban J connectivity index is 1.40. The Labute approximate surface area is 199 Å². The highest BCUT2D eigenvalue weighted by Gasteiger charge is 2.30. The van der Waals surface area contributed by atoms with Crippen LogP contribution in [0, 0.1) is 6.92 Å². The third-order valence-corrected chi connectivity index (χ3v) is 5.97. The zero-order valence-electron chi connectivity index (χ0n) is 18.1. The van der Waals surface area contributed by atoms with E-state index in [4.69, 9.17) is 23.7 Å². The molecule has 2 heterocycles. The normalized spacial score (nSPS) is 15.5. The van der Waals surface area contributed by atoms with Crippen molar-refractivity contribution in [2.24, 2.45) is 0 Å². The summed E-state index contributed by atoms with van der Waals surface area (Å²) >= 11 is 3.53. The van der Waals surface area contributed by atoms with Crippen molar-refractivity contribution < 1.29 is 28.5 Å². The highest BCUT2D eigenvalue weighted by Crippen LogP contribution is 2.39. The fraction of sp³-hybridized carbons (Fsp3) is 0.192. The van der Waals surface area contributed by atoms with Crippen molar-refractivity contribution in [1.29, 1.82) is 0 Å². The molecule has 0 amide bonds. The van der Waals surface area contributed by atoms with Gasteiger partial charge in [0.1, 0.15) is 29.6 Å². The molecule has 6 nitrogen and oxygen atoms in total. The van der Waals surface area contributed by atoms with E-state index in [1.807, 2.05) is 49.4 Å². The lowest BCUT2D eigenvalue weighted by atomic mass is 10.0. The van der Waals surface area contributed by atoms with Crippen molar-refractivity contribution >= 4 is 27.8 Å². The Morgan fingerprint density at radius 2 is 2.00 bits per heavy atom. The summed E-state index contributed by atoms with van der Waals surface area (Å²) in [6.07, 6.45) is 1.70. The van der Waals surface area contributed by atoms with Gasteiger partial charge >= 0.3 is 0 Å². The number of Topliss-reactive ketones (excluding diaryl/α,β-unsaturated/α-hetero) is 1. The van der Waals surface area contributed by atoms with Crippen LogP contribution >= 0.6 is 15.9 Å². The van der Waals surface area contributed by atoms with Crippen LogP contribution in [0.2, 0.25) is 0 Å². The highest BCUT2D eigenvalue weighted by molar-refractivity contribution is 9.10. The first-order valence-corrected chi connectivity index (χ1v) is 11.2. The lowest BCUT2D eigenvalue weighted by molar-refractivity contribution is -0.0176. The number of benzene rings is 3. The summed E-state index contributed by atoms with van der Waals surface area (Å²) in [7, 11) is 1.59. The minimum absolute atomic E-state index is 0.158. The highest BCUT2D eigenvalue weighted by atomic mass is 79.9. The number of hydrogen-bond acceptors (Lipinski definition) is 6. The Bertz CT molecular complexity index is 1280. The maximum absolute atomic E-state index is 13.0. The summed E-state index contributed by atoms with van der Waals surface area (Å²) in [4.78, 5) is 13.0. The molecule has 0 atom stereocenters. The van der Waals surface area contributed by atoms with E-state index in [1.54, 1.807) is 19.3 Å². The summed E-state index contributed by atoms with van der Waals surface area (Å²) in [5.41, 5.74) is 3.99. The van der Waals surface area contributed by atoms with Crippen LogP contribution in [0.3, 0.4) is 0 Å². The predicted molar refractivity (Wildman–Crippen MR) is 126 cm³/mol. The molecule has 0 radical (unpaired) electrons. The van der Waals surface area contributed by atoms with E-state index in [0.717, 1.165) is 32.5 Å². The van der Waals surface area contributed by atoms with E-state index in [9.17, 15) is 4.79 Å². The number of methoxy groups -OCH3 is 1. The lowest BCUT2D eigenvalue weighted by Crippen LogP contribution is -2.14. The van der Waals surface area contributed by atoms with Gasteiger partial charge in [0.15, 0.2) is 12.6 Å². The smallest absolute Gasteiger partial charge is 0.232 e. The van der Waals surface area contributed by atoms with Crippen molar-refractivity contribution in [3.63, 3.8) is 0 Å². The maximum atomic E-state index is 13.0. The van der Waals surface area contributed by atoms with E-state index in [0.29, 0.717) is 36.0 Å². The number of aryl methyl sites for hydroxylation is 1. The molecule has 3 aromatic rings. The van der Waals surface area contributed by atoms with Gasteiger partial charge in [0.25, 0.3) is 0 Å². The summed E-state index contributed by atoms with van der Waals surface area (Å²) in [6, 6.07) is 15.0. The van der Waals surface area contributed by atoms with E-state index in [-0.39, 0.29) is 18.3 Å². The van der Waals surface area contributed by atoms with Crippen LogP contribution in [0.4, 0.5) is 0 Å². The third-order valence-electron chi connectivity index (χ3n) is 5.52. The fourth-order valence-corrected chi connectivity index (χ4v) is 4.57. The molecular weight excluding hydrogens is 488 g/mol. The largest absolute Gasteiger partial charge is 0.496 e. The maximum Gasteiger partial charge on any atom is 0.232 e. The molecule has 0 fully saturated rings. The number of hydrogen-bond donors (Lipinski definition) is 0. The Hall–Kier alpha value is -3.29. The van der Waals surface area contributed by atoms with Gasteiger partial charge in [-0.1, -0.05) is 34.1 Å². The van der Waals surface area contributed by atoms with Gasteiger partial charge in [-0.15, -0.1) is 0 Å². The van der Waals surface area contributed by atoms with Crippen LogP contribution in [0.15, 0.2) is 58.8 Å². The van der Waals surface area contributed by atoms with Crippen LogP contribution in [0.1, 0.15) is 32.6 Å². The minimum Gasteiger partial charge on any atom is -0.496 e. The van der Waals surface area contributed by atoms with Crippen LogP contribution < -0.4 is 18.9 Å². The molecule has 3 aromatic carbocycles. The van der Waals surface area contributed by atoms with Crippen molar-refractivity contribution in [2.75, 3.05) is 13.9 Å². The minimum atomic E-state index is -0.158. The zero-order chi connectivity index (χ0) is 22.9. The molecule has 0 spiro atoms. The number of para-hydroxylation sites is 1. The van der Waals surface area contributed by atoms with Crippen molar-refractivity contribution in [3.05, 3.63) is 86.6 Å². The van der Waals surface area contributed by atoms with Gasteiger partial charge in [0.2, 0.25) is 5.78 Å². The van der Waals surface area contributed by atoms with E-state index in [2.05, 4.69) is 15.9 Å². The number of halogens is 1. The topological polar surface area (TPSA) is 63.2 Å². The van der Waals surface area contributed by atoms with Crippen molar-refractivity contribution in [3.8, 4) is 23.0 Å². The van der Waals surface area contributed by atoms with E-state index < -0.39 is 0 Å². The second-order valence-electron chi connectivity index (χ2n) is 7.75. The molecule has 0 aromatic heterocycles. The number of carbonyl (C=O) groups is 1. The molecule has 7 heteroatoms. The third kappa shape index (κ3) is 4.21. The molecule has 168 valence electrons. The van der Waals surface area contributed by atoms with E-state index >= 15 is 0 Å². The SMILES string of the molecule is COc1ccccc1/C=C1\Oc2cc(OCc3cc(Br)cc4c3OCOC4)cc(C)c2C1=O. The monoisotopic (exact) mass is 508 g/mol. The number of allylic oxidation sites excluding steroid dienone is 1. The average molecular weight is 509 g/mol. The second kappa shape index (κ2) is 8.92.